The quantitative estimate of drug-likeness (QED) is 0.320. The Bertz CT molecular complexity index is 1090. The van der Waals surface area contributed by atoms with Crippen LogP contribution in [0.1, 0.15) is 26.0 Å². The molecule has 2 atom stereocenters. The molecule has 0 saturated heterocycles. The molecule has 2 unspecified atom stereocenters. The number of aromatic nitrogens is 2. The van der Waals surface area contributed by atoms with E-state index in [1.54, 1.807) is 13.8 Å². The number of rotatable bonds is 4. The van der Waals surface area contributed by atoms with Crippen LogP contribution in [0.5, 0.6) is 0 Å². The largest absolute Gasteiger partial charge is 0.393 e. The topological polar surface area (TPSA) is 66.2 Å². The van der Waals surface area contributed by atoms with Gasteiger partial charge < -0.3 is 15.2 Å². The molecule has 3 aromatic carbocycles. The number of nitrogens with zero attached hydrogens (tertiary/aromatic N) is 2. The fraction of sp³-hybridized carbons (Fsp3) is 0.231. The maximum absolute atomic E-state index is 8.56. The van der Waals surface area contributed by atoms with Crippen molar-refractivity contribution >= 4 is 10.8 Å². The average molecular weight is 592 g/mol. The fourth-order valence-electron chi connectivity index (χ4n) is 3.27. The molecule has 163 valence electrons. The van der Waals surface area contributed by atoms with E-state index in [0.717, 1.165) is 28.2 Å². The van der Waals surface area contributed by atoms with Crippen molar-refractivity contribution in [2.75, 3.05) is 0 Å². The van der Waals surface area contributed by atoms with Crippen LogP contribution in [0.3, 0.4) is 0 Å². The standard InChI is InChI=1S/C21H15N2.C5H12O2.Ir/c1-15-21(17-8-3-2-4-9-17)22-14-20(23-15)19-12-11-16-7-5-6-10-18(16)13-19;1-4(6)3-5(2)7;/h2-8,10-14H,1H3;4-7H,3H2,1-2H3;/q-1;;. The predicted molar refractivity (Wildman–Crippen MR) is 122 cm³/mol. The first-order valence-electron chi connectivity index (χ1n) is 10.1. The first kappa shape index (κ1) is 24.8. The van der Waals surface area contributed by atoms with Gasteiger partial charge in [0, 0.05) is 43.3 Å². The molecule has 0 fully saturated rings. The summed E-state index contributed by atoms with van der Waals surface area (Å²) in [4.78, 5) is 9.36. The van der Waals surface area contributed by atoms with Gasteiger partial charge in [-0.25, -0.2) is 0 Å². The Morgan fingerprint density at radius 2 is 1.58 bits per heavy atom. The zero-order chi connectivity index (χ0) is 21.5. The number of fused-ring (bicyclic) bond motifs is 1. The summed E-state index contributed by atoms with van der Waals surface area (Å²) >= 11 is 0. The Labute approximate surface area is 197 Å². The normalized spacial score (nSPS) is 12.3. The first-order valence-corrected chi connectivity index (χ1v) is 10.1. The number of aliphatic hydroxyl groups is 2. The number of hydrogen-bond acceptors (Lipinski definition) is 4. The van der Waals surface area contributed by atoms with E-state index in [1.807, 2.05) is 37.4 Å². The van der Waals surface area contributed by atoms with E-state index >= 15 is 0 Å². The first-order chi connectivity index (χ1) is 14.4. The van der Waals surface area contributed by atoms with E-state index in [2.05, 4.69) is 53.5 Å². The minimum Gasteiger partial charge on any atom is -0.393 e. The summed E-state index contributed by atoms with van der Waals surface area (Å²) < 4.78 is 0. The summed E-state index contributed by atoms with van der Waals surface area (Å²) in [6, 6.07) is 25.8. The zero-order valence-corrected chi connectivity index (χ0v) is 20.3. The van der Waals surface area contributed by atoms with Crippen molar-refractivity contribution in [3.63, 3.8) is 0 Å². The molecule has 1 aromatic heterocycles. The molecule has 0 aliphatic carbocycles. The van der Waals surface area contributed by atoms with Crippen LogP contribution in [0.2, 0.25) is 0 Å². The molecule has 0 spiro atoms. The van der Waals surface area contributed by atoms with Gasteiger partial charge in [-0.05, 0) is 44.0 Å². The summed E-state index contributed by atoms with van der Waals surface area (Å²) in [6.07, 6.45) is 1.56. The van der Waals surface area contributed by atoms with Gasteiger partial charge in [0.1, 0.15) is 0 Å². The van der Waals surface area contributed by atoms with Crippen LogP contribution in [0, 0.1) is 13.0 Å². The summed E-state index contributed by atoms with van der Waals surface area (Å²) in [5.41, 5.74) is 4.76. The van der Waals surface area contributed by atoms with Crippen molar-refractivity contribution in [2.45, 2.75) is 39.4 Å². The van der Waals surface area contributed by atoms with Crippen molar-refractivity contribution in [3.05, 3.63) is 84.7 Å². The summed E-state index contributed by atoms with van der Waals surface area (Å²) in [7, 11) is 0. The maximum Gasteiger partial charge on any atom is 0.0869 e. The fourth-order valence-corrected chi connectivity index (χ4v) is 3.27. The predicted octanol–water partition coefficient (Wildman–Crippen LogP) is 5.21. The van der Waals surface area contributed by atoms with Crippen LogP contribution in [0.25, 0.3) is 33.3 Å². The van der Waals surface area contributed by atoms with Crippen LogP contribution < -0.4 is 0 Å². The summed E-state index contributed by atoms with van der Waals surface area (Å²) in [5, 5.41) is 19.6. The van der Waals surface area contributed by atoms with Crippen molar-refractivity contribution < 1.29 is 30.3 Å². The average Bonchev–Trinajstić information content (AvgIpc) is 2.73. The Morgan fingerprint density at radius 3 is 2.16 bits per heavy atom. The van der Waals surface area contributed by atoms with E-state index in [0.29, 0.717) is 6.42 Å². The van der Waals surface area contributed by atoms with Gasteiger partial charge in [0.05, 0.1) is 17.9 Å². The van der Waals surface area contributed by atoms with Crippen LogP contribution in [-0.4, -0.2) is 32.4 Å². The van der Waals surface area contributed by atoms with Gasteiger partial charge in [0.15, 0.2) is 0 Å². The maximum atomic E-state index is 8.56. The minimum atomic E-state index is -0.375. The van der Waals surface area contributed by atoms with Gasteiger partial charge in [-0.15, -0.1) is 35.9 Å². The number of hydrogen-bond donors (Lipinski definition) is 2. The molecule has 0 aliphatic heterocycles. The second kappa shape index (κ2) is 11.8. The summed E-state index contributed by atoms with van der Waals surface area (Å²) in [6.45, 7) is 5.31. The minimum absolute atomic E-state index is 0. The molecule has 4 aromatic rings. The Hall–Kier alpha value is -2.43. The molecular formula is C26H27IrN2O2-. The second-order valence-electron chi connectivity index (χ2n) is 7.46. The molecule has 0 aliphatic rings. The smallest absolute Gasteiger partial charge is 0.0869 e. The second-order valence-corrected chi connectivity index (χ2v) is 7.46. The third-order valence-electron chi connectivity index (χ3n) is 4.64. The van der Waals surface area contributed by atoms with Gasteiger partial charge in [0.25, 0.3) is 0 Å². The van der Waals surface area contributed by atoms with E-state index in [1.165, 1.54) is 10.8 Å². The van der Waals surface area contributed by atoms with Gasteiger partial charge in [0.2, 0.25) is 0 Å². The third-order valence-corrected chi connectivity index (χ3v) is 4.64. The van der Waals surface area contributed by atoms with Crippen molar-refractivity contribution in [1.29, 1.82) is 0 Å². The monoisotopic (exact) mass is 592 g/mol. The van der Waals surface area contributed by atoms with Crippen LogP contribution in [-0.2, 0) is 20.1 Å². The van der Waals surface area contributed by atoms with Crippen molar-refractivity contribution in [2.24, 2.45) is 0 Å². The Morgan fingerprint density at radius 1 is 0.903 bits per heavy atom. The molecule has 4 rings (SSSR count). The molecule has 31 heavy (non-hydrogen) atoms. The molecule has 5 heteroatoms. The van der Waals surface area contributed by atoms with Gasteiger partial charge in [-0.3, -0.25) is 4.98 Å². The molecule has 2 N–H and O–H groups in total. The number of aryl methyl sites for hydroxylation is 1. The van der Waals surface area contributed by atoms with E-state index in [9.17, 15) is 0 Å². The molecule has 0 amide bonds. The van der Waals surface area contributed by atoms with E-state index in [4.69, 9.17) is 15.2 Å². The van der Waals surface area contributed by atoms with Crippen LogP contribution in [0.4, 0.5) is 0 Å². The summed E-state index contributed by atoms with van der Waals surface area (Å²) in [5.74, 6) is 0. The van der Waals surface area contributed by atoms with Gasteiger partial charge in [-0.1, -0.05) is 36.4 Å². The third kappa shape index (κ3) is 7.05. The molecule has 0 saturated carbocycles. The molecule has 4 nitrogen and oxygen atoms in total. The molecule has 0 bridgehead atoms. The van der Waals surface area contributed by atoms with E-state index in [-0.39, 0.29) is 32.3 Å². The van der Waals surface area contributed by atoms with Crippen LogP contribution >= 0.6 is 0 Å². The Kier molecular flexibility index (Phi) is 9.47. The van der Waals surface area contributed by atoms with Crippen LogP contribution in [0.15, 0.2) is 72.9 Å². The molecule has 1 radical (unpaired) electrons. The van der Waals surface area contributed by atoms with Gasteiger partial charge in [-0.2, -0.15) is 0 Å². The number of benzene rings is 3. The molecule has 1 heterocycles. The Balaban J connectivity index is 0.000000373. The van der Waals surface area contributed by atoms with E-state index < -0.39 is 0 Å². The van der Waals surface area contributed by atoms with Gasteiger partial charge >= 0.3 is 0 Å². The van der Waals surface area contributed by atoms with Crippen molar-refractivity contribution in [3.8, 4) is 22.5 Å². The number of aliphatic hydroxyl groups excluding tert-OH is 2. The SMILES string of the molecule is CC(O)CC(C)O.Cc1nc(-c2ccc3ccccc3c2)cnc1-c1[c-]cccc1.[Ir]. The zero-order valence-electron chi connectivity index (χ0n) is 17.9. The van der Waals surface area contributed by atoms with Crippen molar-refractivity contribution in [1.82, 2.24) is 9.97 Å². The molecular weight excluding hydrogens is 565 g/mol.